The zero-order chi connectivity index (χ0) is 12.8. The summed E-state index contributed by atoms with van der Waals surface area (Å²) in [5.74, 6) is 0.801. The van der Waals surface area contributed by atoms with Gasteiger partial charge in [0.05, 0.1) is 0 Å². The van der Waals surface area contributed by atoms with Gasteiger partial charge in [-0.2, -0.15) is 0 Å². The molecule has 4 nitrogen and oxygen atoms in total. The van der Waals surface area contributed by atoms with Crippen molar-refractivity contribution in [3.8, 4) is 0 Å². The Morgan fingerprint density at radius 2 is 1.89 bits per heavy atom. The second-order valence-electron chi connectivity index (χ2n) is 5.75. The van der Waals surface area contributed by atoms with Crippen LogP contribution >= 0.6 is 0 Å². The van der Waals surface area contributed by atoms with Crippen LogP contribution in [0.5, 0.6) is 0 Å². The van der Waals surface area contributed by atoms with Gasteiger partial charge in [0.1, 0.15) is 0 Å². The average Bonchev–Trinajstić information content (AvgIpc) is 3.05. The first-order chi connectivity index (χ1) is 8.79. The van der Waals surface area contributed by atoms with E-state index in [9.17, 15) is 4.79 Å². The van der Waals surface area contributed by atoms with Crippen LogP contribution in [0.3, 0.4) is 0 Å². The maximum absolute atomic E-state index is 11.9. The summed E-state index contributed by atoms with van der Waals surface area (Å²) in [6.07, 6.45) is 8.26. The minimum Gasteiger partial charge on any atom is -0.352 e. The van der Waals surface area contributed by atoms with Crippen molar-refractivity contribution in [3.05, 3.63) is 0 Å². The molecule has 3 N–H and O–H groups in total. The van der Waals surface area contributed by atoms with Gasteiger partial charge in [0.2, 0.25) is 5.91 Å². The maximum atomic E-state index is 11.9. The van der Waals surface area contributed by atoms with E-state index in [1.54, 1.807) is 0 Å². The van der Waals surface area contributed by atoms with Gasteiger partial charge in [0.25, 0.3) is 0 Å². The monoisotopic (exact) mass is 253 g/mol. The summed E-state index contributed by atoms with van der Waals surface area (Å²) in [5.41, 5.74) is 5.79. The molecule has 1 aliphatic heterocycles. The highest BCUT2D eigenvalue weighted by atomic mass is 16.1. The molecule has 104 valence electrons. The molecule has 2 fully saturated rings. The molecule has 2 aliphatic rings. The van der Waals surface area contributed by atoms with Crippen LogP contribution in [0.25, 0.3) is 0 Å². The Morgan fingerprint density at radius 1 is 1.22 bits per heavy atom. The van der Waals surface area contributed by atoms with E-state index in [0.717, 1.165) is 19.6 Å². The number of carbonyl (C=O) groups excluding carboxylic acids is 1. The lowest BCUT2D eigenvalue weighted by Crippen LogP contribution is -2.45. The molecule has 0 bridgehead atoms. The topological polar surface area (TPSA) is 58.4 Å². The van der Waals surface area contributed by atoms with Crippen molar-refractivity contribution in [2.45, 2.75) is 51.0 Å². The van der Waals surface area contributed by atoms with E-state index in [2.05, 4.69) is 10.2 Å². The fraction of sp³-hybridized carbons (Fsp3) is 0.929. The predicted molar refractivity (Wildman–Crippen MR) is 73.2 cm³/mol. The van der Waals surface area contributed by atoms with E-state index in [4.69, 9.17) is 5.73 Å². The van der Waals surface area contributed by atoms with Crippen molar-refractivity contribution in [3.63, 3.8) is 0 Å². The van der Waals surface area contributed by atoms with Gasteiger partial charge in [-0.25, -0.2) is 0 Å². The van der Waals surface area contributed by atoms with Gasteiger partial charge >= 0.3 is 0 Å². The number of hydrogen-bond acceptors (Lipinski definition) is 3. The summed E-state index contributed by atoms with van der Waals surface area (Å²) in [7, 11) is 0. The summed E-state index contributed by atoms with van der Waals surface area (Å²) in [4.78, 5) is 14.3. The van der Waals surface area contributed by atoms with Gasteiger partial charge in [0, 0.05) is 25.6 Å². The van der Waals surface area contributed by atoms with Gasteiger partial charge in [0.15, 0.2) is 0 Å². The molecule has 0 spiro atoms. The van der Waals surface area contributed by atoms with E-state index in [0.29, 0.717) is 18.9 Å². The van der Waals surface area contributed by atoms with Crippen molar-refractivity contribution < 1.29 is 4.79 Å². The van der Waals surface area contributed by atoms with E-state index < -0.39 is 0 Å². The van der Waals surface area contributed by atoms with E-state index >= 15 is 0 Å². The standard InChI is InChI=1S/C14H27N3O/c15-11-13(12-5-1-2-6-12)16-14(18)7-10-17-8-3-4-9-17/h12-13H,1-11,15H2,(H,16,18). The SMILES string of the molecule is NCC(NC(=O)CCN1CCCC1)C1CCCC1. The van der Waals surface area contributed by atoms with Gasteiger partial charge in [-0.1, -0.05) is 12.8 Å². The first kappa shape index (κ1) is 13.8. The Labute approximate surface area is 110 Å². The van der Waals surface area contributed by atoms with Crippen LogP contribution in [0.1, 0.15) is 44.9 Å². The Balaban J connectivity index is 1.67. The normalized spacial score (nSPS) is 23.4. The lowest BCUT2D eigenvalue weighted by molar-refractivity contribution is -0.122. The molecule has 4 heteroatoms. The van der Waals surface area contributed by atoms with Crippen LogP contribution in [0.15, 0.2) is 0 Å². The molecule has 2 rings (SSSR count). The quantitative estimate of drug-likeness (QED) is 0.745. The smallest absolute Gasteiger partial charge is 0.221 e. The molecule has 0 aromatic carbocycles. The Kier molecular flexibility index (Phi) is 5.45. The third-order valence-corrected chi connectivity index (χ3v) is 4.42. The third kappa shape index (κ3) is 3.95. The van der Waals surface area contributed by atoms with Crippen LogP contribution in [-0.4, -0.2) is 43.0 Å². The zero-order valence-electron chi connectivity index (χ0n) is 11.4. The second kappa shape index (κ2) is 7.10. The minimum absolute atomic E-state index is 0.184. The first-order valence-electron chi connectivity index (χ1n) is 7.51. The number of rotatable bonds is 6. The van der Waals surface area contributed by atoms with Crippen molar-refractivity contribution in [2.75, 3.05) is 26.2 Å². The predicted octanol–water partition coefficient (Wildman–Crippen LogP) is 1.11. The minimum atomic E-state index is 0.184. The molecule has 18 heavy (non-hydrogen) atoms. The lowest BCUT2D eigenvalue weighted by Gasteiger charge is -2.23. The molecule has 0 radical (unpaired) electrons. The van der Waals surface area contributed by atoms with E-state index in [1.165, 1.54) is 38.5 Å². The summed E-state index contributed by atoms with van der Waals surface area (Å²) < 4.78 is 0. The second-order valence-corrected chi connectivity index (χ2v) is 5.75. The molecule has 0 aromatic heterocycles. The molecular weight excluding hydrogens is 226 g/mol. The largest absolute Gasteiger partial charge is 0.352 e. The Morgan fingerprint density at radius 3 is 2.50 bits per heavy atom. The van der Waals surface area contributed by atoms with E-state index in [-0.39, 0.29) is 11.9 Å². The number of hydrogen-bond donors (Lipinski definition) is 2. The average molecular weight is 253 g/mol. The number of nitrogens with one attached hydrogen (secondary N) is 1. The Bertz CT molecular complexity index is 258. The van der Waals surface area contributed by atoms with Crippen LogP contribution < -0.4 is 11.1 Å². The number of nitrogens with two attached hydrogens (primary N) is 1. The van der Waals surface area contributed by atoms with E-state index in [1.807, 2.05) is 0 Å². The van der Waals surface area contributed by atoms with Gasteiger partial charge < -0.3 is 16.0 Å². The maximum Gasteiger partial charge on any atom is 0.221 e. The fourth-order valence-corrected chi connectivity index (χ4v) is 3.27. The fourth-order valence-electron chi connectivity index (χ4n) is 3.27. The number of amides is 1. The Hall–Kier alpha value is -0.610. The molecular formula is C14H27N3O. The molecule has 1 saturated carbocycles. The van der Waals surface area contributed by atoms with Crippen LogP contribution in [0, 0.1) is 5.92 Å². The highest BCUT2D eigenvalue weighted by molar-refractivity contribution is 5.76. The molecule has 1 saturated heterocycles. The number of nitrogens with zero attached hydrogens (tertiary/aromatic N) is 1. The summed E-state index contributed by atoms with van der Waals surface area (Å²) in [6, 6.07) is 0.207. The van der Waals surface area contributed by atoms with Gasteiger partial charge in [-0.15, -0.1) is 0 Å². The third-order valence-electron chi connectivity index (χ3n) is 4.42. The van der Waals surface area contributed by atoms with Crippen molar-refractivity contribution >= 4 is 5.91 Å². The molecule has 1 unspecified atom stereocenters. The number of carbonyl (C=O) groups is 1. The van der Waals surface area contributed by atoms with Crippen LogP contribution in [0.4, 0.5) is 0 Å². The number of likely N-dealkylation sites (tertiary alicyclic amines) is 1. The summed E-state index contributed by atoms with van der Waals surface area (Å²) in [5, 5.41) is 3.14. The lowest BCUT2D eigenvalue weighted by atomic mass is 9.98. The van der Waals surface area contributed by atoms with Gasteiger partial charge in [-0.3, -0.25) is 4.79 Å². The highest BCUT2D eigenvalue weighted by Gasteiger charge is 2.25. The van der Waals surface area contributed by atoms with Gasteiger partial charge in [-0.05, 0) is 44.7 Å². The van der Waals surface area contributed by atoms with Crippen molar-refractivity contribution in [1.82, 2.24) is 10.2 Å². The van der Waals surface area contributed by atoms with Crippen molar-refractivity contribution in [1.29, 1.82) is 0 Å². The highest BCUT2D eigenvalue weighted by Crippen LogP contribution is 2.27. The summed E-state index contributed by atoms with van der Waals surface area (Å²) in [6.45, 7) is 3.82. The molecule has 1 amide bonds. The summed E-state index contributed by atoms with van der Waals surface area (Å²) >= 11 is 0. The molecule has 1 aliphatic carbocycles. The first-order valence-corrected chi connectivity index (χ1v) is 7.51. The zero-order valence-corrected chi connectivity index (χ0v) is 11.4. The molecule has 1 atom stereocenters. The molecule has 1 heterocycles. The van der Waals surface area contributed by atoms with Crippen molar-refractivity contribution in [2.24, 2.45) is 11.7 Å². The molecule has 0 aromatic rings. The van der Waals surface area contributed by atoms with Crippen LogP contribution in [0.2, 0.25) is 0 Å². The van der Waals surface area contributed by atoms with Crippen LogP contribution in [-0.2, 0) is 4.79 Å².